The van der Waals surface area contributed by atoms with Crippen molar-refractivity contribution in [2.24, 2.45) is 7.05 Å². The highest BCUT2D eigenvalue weighted by Crippen LogP contribution is 2.27. The molecule has 0 unspecified atom stereocenters. The Morgan fingerprint density at radius 3 is 2.86 bits per heavy atom. The molecule has 0 N–H and O–H groups in total. The molecule has 0 saturated carbocycles. The van der Waals surface area contributed by atoms with E-state index in [-0.39, 0.29) is 0 Å². The van der Waals surface area contributed by atoms with Crippen molar-refractivity contribution >= 4 is 40.6 Å². The Kier molecular flexibility index (Phi) is 6.28. The number of hydrogen-bond donors (Lipinski definition) is 0. The number of hydrogen-bond acceptors (Lipinski definition) is 5. The van der Waals surface area contributed by atoms with Gasteiger partial charge in [0.25, 0.3) is 0 Å². The van der Waals surface area contributed by atoms with Crippen LogP contribution in [0.15, 0.2) is 53.9 Å². The van der Waals surface area contributed by atoms with Gasteiger partial charge in [-0.1, -0.05) is 41.0 Å². The molecule has 4 aromatic rings. The van der Waals surface area contributed by atoms with Crippen LogP contribution >= 0.6 is 35.0 Å². The zero-order valence-electron chi connectivity index (χ0n) is 15.8. The van der Waals surface area contributed by atoms with Crippen LogP contribution in [-0.2, 0) is 19.2 Å². The second kappa shape index (κ2) is 9.07. The van der Waals surface area contributed by atoms with E-state index in [1.807, 2.05) is 46.6 Å². The Bertz CT molecular complexity index is 1090. The van der Waals surface area contributed by atoms with Crippen molar-refractivity contribution in [1.29, 1.82) is 0 Å². The highest BCUT2D eigenvalue weighted by atomic mass is 35.5. The Morgan fingerprint density at radius 2 is 2.03 bits per heavy atom. The van der Waals surface area contributed by atoms with Gasteiger partial charge in [-0.25, -0.2) is 4.98 Å². The fraction of sp³-hybridized carbons (Fsp3) is 0.250. The summed E-state index contributed by atoms with van der Waals surface area (Å²) in [6, 6.07) is 11.2. The number of benzene rings is 1. The van der Waals surface area contributed by atoms with Crippen LogP contribution in [-0.4, -0.2) is 30.8 Å². The summed E-state index contributed by atoms with van der Waals surface area (Å²) in [5.41, 5.74) is 1.96. The molecular weight excluding hydrogens is 429 g/mol. The van der Waals surface area contributed by atoms with Crippen molar-refractivity contribution in [2.75, 3.05) is 6.61 Å². The second-order valence-corrected chi connectivity index (χ2v) is 8.26. The van der Waals surface area contributed by atoms with Gasteiger partial charge in [0.15, 0.2) is 5.16 Å². The molecule has 0 aliphatic heterocycles. The van der Waals surface area contributed by atoms with E-state index < -0.39 is 0 Å². The molecule has 6 nitrogen and oxygen atoms in total. The molecule has 0 aliphatic carbocycles. The van der Waals surface area contributed by atoms with E-state index in [1.54, 1.807) is 30.0 Å². The van der Waals surface area contributed by atoms with Crippen molar-refractivity contribution in [1.82, 2.24) is 24.1 Å². The van der Waals surface area contributed by atoms with Gasteiger partial charge in [0.05, 0.1) is 17.3 Å². The molecule has 0 radical (unpaired) electrons. The van der Waals surface area contributed by atoms with Gasteiger partial charge >= 0.3 is 0 Å². The first kappa shape index (κ1) is 20.1. The minimum absolute atomic E-state index is 0.516. The van der Waals surface area contributed by atoms with E-state index in [4.69, 9.17) is 27.9 Å². The van der Waals surface area contributed by atoms with Crippen LogP contribution in [0.2, 0.25) is 10.0 Å². The lowest BCUT2D eigenvalue weighted by Gasteiger charge is -2.08. The predicted molar refractivity (Wildman–Crippen MR) is 116 cm³/mol. The number of aryl methyl sites for hydroxylation is 1. The number of imidazole rings is 1. The van der Waals surface area contributed by atoms with Crippen LogP contribution in [0.5, 0.6) is 5.75 Å². The average molecular weight is 448 g/mol. The van der Waals surface area contributed by atoms with Crippen molar-refractivity contribution in [2.45, 2.75) is 23.8 Å². The van der Waals surface area contributed by atoms with Crippen molar-refractivity contribution < 1.29 is 4.74 Å². The van der Waals surface area contributed by atoms with Gasteiger partial charge in [-0.2, -0.15) is 0 Å². The minimum atomic E-state index is 0.516. The molecule has 3 aromatic heterocycles. The molecule has 0 aliphatic rings. The number of aromatic nitrogens is 5. The third kappa shape index (κ3) is 4.86. The monoisotopic (exact) mass is 447 g/mol. The highest BCUT2D eigenvalue weighted by Gasteiger charge is 2.11. The number of rotatable bonds is 8. The topological polar surface area (TPSA) is 57.2 Å². The molecule has 0 bridgehead atoms. The first-order valence-corrected chi connectivity index (χ1v) is 10.9. The maximum atomic E-state index is 6.12. The normalized spacial score (nSPS) is 11.3. The summed E-state index contributed by atoms with van der Waals surface area (Å²) in [5.74, 6) is 2.30. The quantitative estimate of drug-likeness (QED) is 0.278. The Morgan fingerprint density at radius 1 is 1.14 bits per heavy atom. The summed E-state index contributed by atoms with van der Waals surface area (Å²) in [5, 5.41) is 10.6. The molecule has 150 valence electrons. The van der Waals surface area contributed by atoms with Crippen LogP contribution < -0.4 is 4.74 Å². The van der Waals surface area contributed by atoms with Crippen LogP contribution in [0.4, 0.5) is 0 Å². The van der Waals surface area contributed by atoms with E-state index >= 15 is 0 Å². The fourth-order valence-corrected chi connectivity index (χ4v) is 4.17. The Labute approximate surface area is 182 Å². The molecule has 0 saturated heterocycles. The first-order valence-electron chi connectivity index (χ1n) is 9.11. The number of nitrogens with zero attached hydrogens (tertiary/aromatic N) is 5. The molecule has 0 atom stereocenters. The number of thioether (sulfide) groups is 1. The van der Waals surface area contributed by atoms with Gasteiger partial charge in [0, 0.05) is 36.6 Å². The molecule has 3 heterocycles. The summed E-state index contributed by atoms with van der Waals surface area (Å²) in [7, 11) is 1.98. The first-order chi connectivity index (χ1) is 14.1. The number of fused-ring (bicyclic) bond motifs is 1. The zero-order valence-corrected chi connectivity index (χ0v) is 18.1. The minimum Gasteiger partial charge on any atom is -0.492 e. The third-order valence-electron chi connectivity index (χ3n) is 4.38. The van der Waals surface area contributed by atoms with E-state index in [9.17, 15) is 0 Å². The van der Waals surface area contributed by atoms with Crippen LogP contribution in [0.1, 0.15) is 17.9 Å². The molecular formula is C20H19Cl2N5OS. The second-order valence-electron chi connectivity index (χ2n) is 6.47. The summed E-state index contributed by atoms with van der Waals surface area (Å²) in [4.78, 5) is 4.62. The van der Waals surface area contributed by atoms with Gasteiger partial charge in [0.1, 0.15) is 17.2 Å². The fourth-order valence-electron chi connectivity index (χ4n) is 2.89. The summed E-state index contributed by atoms with van der Waals surface area (Å²) in [6.07, 6.45) is 5.61. The SMILES string of the molecule is Cn1c(CCCOc2ccc(Cl)cc2Cl)nnc1SCc1cn2ccccc2n1. The third-order valence-corrected chi connectivity index (χ3v) is 5.97. The molecule has 4 rings (SSSR count). The largest absolute Gasteiger partial charge is 0.492 e. The molecule has 9 heteroatoms. The van der Waals surface area contributed by atoms with Crippen LogP contribution in [0.25, 0.3) is 5.65 Å². The van der Waals surface area contributed by atoms with Gasteiger partial charge in [-0.05, 0) is 36.8 Å². The highest BCUT2D eigenvalue weighted by molar-refractivity contribution is 7.98. The maximum absolute atomic E-state index is 6.12. The number of pyridine rings is 1. The van der Waals surface area contributed by atoms with Crippen molar-refractivity contribution in [3.63, 3.8) is 0 Å². The molecule has 0 spiro atoms. The predicted octanol–water partition coefficient (Wildman–Crippen LogP) is 5.07. The van der Waals surface area contributed by atoms with Crippen LogP contribution in [0, 0.1) is 0 Å². The number of halogens is 2. The lowest BCUT2D eigenvalue weighted by atomic mass is 10.3. The van der Waals surface area contributed by atoms with E-state index in [2.05, 4.69) is 15.2 Å². The summed E-state index contributed by atoms with van der Waals surface area (Å²) < 4.78 is 9.77. The molecule has 29 heavy (non-hydrogen) atoms. The Hall–Kier alpha value is -2.22. The number of ether oxygens (including phenoxy) is 1. The van der Waals surface area contributed by atoms with Crippen LogP contribution in [0.3, 0.4) is 0 Å². The maximum Gasteiger partial charge on any atom is 0.191 e. The van der Waals surface area contributed by atoms with Gasteiger partial charge < -0.3 is 13.7 Å². The van der Waals surface area contributed by atoms with E-state index in [0.29, 0.717) is 22.4 Å². The van der Waals surface area contributed by atoms with E-state index in [0.717, 1.165) is 40.9 Å². The summed E-state index contributed by atoms with van der Waals surface area (Å²) in [6.45, 7) is 0.540. The lowest BCUT2D eigenvalue weighted by Crippen LogP contribution is -2.04. The smallest absolute Gasteiger partial charge is 0.191 e. The molecule has 1 aromatic carbocycles. The zero-order chi connectivity index (χ0) is 20.2. The van der Waals surface area contributed by atoms with Gasteiger partial charge in [-0.3, -0.25) is 0 Å². The van der Waals surface area contributed by atoms with Gasteiger partial charge in [0.2, 0.25) is 0 Å². The average Bonchev–Trinajstić information content (AvgIpc) is 3.28. The van der Waals surface area contributed by atoms with Gasteiger partial charge in [-0.15, -0.1) is 10.2 Å². The van der Waals surface area contributed by atoms with E-state index in [1.165, 1.54) is 0 Å². The molecule has 0 fully saturated rings. The van der Waals surface area contributed by atoms with Crippen molar-refractivity contribution in [3.8, 4) is 5.75 Å². The standard InChI is InChI=1S/C20H19Cl2N5OS/c1-26-19(6-4-10-28-17-8-7-14(21)11-16(17)22)24-25-20(26)29-13-15-12-27-9-3-2-5-18(27)23-15/h2-3,5,7-9,11-12H,4,6,10,13H2,1H3. The molecule has 0 amide bonds. The Balaban J connectivity index is 1.29. The van der Waals surface area contributed by atoms with Crippen molar-refractivity contribution in [3.05, 3.63) is 70.4 Å². The lowest BCUT2D eigenvalue weighted by molar-refractivity contribution is 0.309. The summed E-state index contributed by atoms with van der Waals surface area (Å²) >= 11 is 13.6.